The first-order valence-electron chi connectivity index (χ1n) is 11.7. The predicted molar refractivity (Wildman–Crippen MR) is 139 cm³/mol. The molecule has 3 aromatic carbocycles. The summed E-state index contributed by atoms with van der Waals surface area (Å²) in [6.45, 7) is 0.387. The highest BCUT2D eigenvalue weighted by molar-refractivity contribution is 7.92. The van der Waals surface area contributed by atoms with Crippen LogP contribution in [0.1, 0.15) is 18.4 Å². The molecule has 206 valence electrons. The van der Waals surface area contributed by atoms with E-state index in [2.05, 4.69) is 15.4 Å². The third kappa shape index (κ3) is 6.85. The van der Waals surface area contributed by atoms with Crippen LogP contribution in [0.25, 0.3) is 11.1 Å². The van der Waals surface area contributed by atoms with Crippen molar-refractivity contribution in [2.24, 2.45) is 0 Å². The summed E-state index contributed by atoms with van der Waals surface area (Å²) in [5, 5.41) is 4.61. The molecule has 0 aromatic heterocycles. The number of carbonyl (C=O) groups is 2. The lowest BCUT2D eigenvalue weighted by atomic mass is 10.0. The summed E-state index contributed by atoms with van der Waals surface area (Å²) in [6, 6.07) is 13.6. The van der Waals surface area contributed by atoms with E-state index in [-0.39, 0.29) is 6.07 Å². The minimum absolute atomic E-state index is 0.280. The smallest absolute Gasteiger partial charge is 0.326 e. The number of halogens is 4. The van der Waals surface area contributed by atoms with Gasteiger partial charge in [0.05, 0.1) is 23.2 Å². The van der Waals surface area contributed by atoms with Crippen molar-refractivity contribution in [1.82, 2.24) is 5.32 Å². The average molecular weight is 565 g/mol. The van der Waals surface area contributed by atoms with Crippen molar-refractivity contribution in [1.29, 1.82) is 0 Å². The van der Waals surface area contributed by atoms with Gasteiger partial charge in [-0.25, -0.2) is 17.6 Å². The molecule has 3 N–H and O–H groups in total. The maximum absolute atomic E-state index is 14.1. The molecule has 3 amide bonds. The first-order chi connectivity index (χ1) is 18.3. The van der Waals surface area contributed by atoms with Gasteiger partial charge in [-0.15, -0.1) is 0 Å². The SMILES string of the molecule is CS(=O)(=O)Nc1ccccc1-c1ccc(N2CCC[C@@H](NC(=O)Nc3ccc(C(F)(F)F)cc3F)C2=O)cc1. The zero-order valence-corrected chi connectivity index (χ0v) is 21.4. The Balaban J connectivity index is 1.44. The quantitative estimate of drug-likeness (QED) is 0.358. The number of para-hydroxylation sites is 1. The molecule has 0 spiro atoms. The Bertz CT molecular complexity index is 1490. The lowest BCUT2D eigenvalue weighted by Gasteiger charge is -2.32. The number of hydrogen-bond donors (Lipinski definition) is 3. The van der Waals surface area contributed by atoms with Crippen molar-refractivity contribution in [2.75, 3.05) is 27.7 Å². The molecule has 0 aliphatic carbocycles. The second-order valence-electron chi connectivity index (χ2n) is 8.94. The molecule has 1 heterocycles. The first-order valence-corrected chi connectivity index (χ1v) is 13.6. The molecule has 1 aliphatic heterocycles. The number of sulfonamides is 1. The van der Waals surface area contributed by atoms with E-state index in [0.717, 1.165) is 12.3 Å². The molecular formula is C26H24F4N4O4S. The van der Waals surface area contributed by atoms with Crippen LogP contribution in [-0.2, 0) is 21.0 Å². The Morgan fingerprint density at radius 3 is 2.33 bits per heavy atom. The van der Waals surface area contributed by atoms with E-state index in [1.807, 2.05) is 0 Å². The first kappa shape index (κ1) is 27.9. The molecule has 1 fully saturated rings. The van der Waals surface area contributed by atoms with E-state index < -0.39 is 51.2 Å². The minimum atomic E-state index is -4.73. The van der Waals surface area contributed by atoms with Gasteiger partial charge in [0, 0.05) is 17.8 Å². The molecular weight excluding hydrogens is 540 g/mol. The molecule has 3 aromatic rings. The third-order valence-electron chi connectivity index (χ3n) is 6.00. The standard InChI is InChI=1S/C26H24F4N4O4S/c1-39(37,38)33-21-6-3-2-5-19(21)16-8-11-18(12-9-16)34-14-4-7-23(24(34)35)32-25(36)31-22-13-10-17(15-20(22)27)26(28,29)30/h2-3,5-6,8-13,15,23,33H,4,7,14H2,1H3,(H2,31,32,36)/t23-/m1/s1. The van der Waals surface area contributed by atoms with Gasteiger partial charge >= 0.3 is 12.2 Å². The van der Waals surface area contributed by atoms with Crippen LogP contribution in [-0.4, -0.2) is 39.2 Å². The van der Waals surface area contributed by atoms with Gasteiger partial charge in [0.15, 0.2) is 0 Å². The van der Waals surface area contributed by atoms with Gasteiger partial charge < -0.3 is 15.5 Å². The Morgan fingerprint density at radius 1 is 1.00 bits per heavy atom. The van der Waals surface area contributed by atoms with Crippen LogP contribution < -0.4 is 20.3 Å². The van der Waals surface area contributed by atoms with Gasteiger partial charge in [-0.1, -0.05) is 30.3 Å². The van der Waals surface area contributed by atoms with Gasteiger partial charge in [-0.05, 0) is 54.8 Å². The largest absolute Gasteiger partial charge is 0.416 e. The number of piperidine rings is 1. The summed E-state index contributed by atoms with van der Waals surface area (Å²) in [6.07, 6.45) is -2.80. The van der Waals surface area contributed by atoms with Crippen molar-refractivity contribution < 1.29 is 35.6 Å². The average Bonchev–Trinajstić information content (AvgIpc) is 2.85. The number of rotatable bonds is 6. The number of benzene rings is 3. The molecule has 39 heavy (non-hydrogen) atoms. The van der Waals surface area contributed by atoms with Gasteiger partial charge in [-0.3, -0.25) is 9.52 Å². The number of hydrogen-bond acceptors (Lipinski definition) is 4. The maximum Gasteiger partial charge on any atom is 0.416 e. The number of anilines is 3. The Labute approximate surface area is 222 Å². The molecule has 0 saturated carbocycles. The van der Waals surface area contributed by atoms with Crippen molar-refractivity contribution in [2.45, 2.75) is 25.1 Å². The molecule has 0 unspecified atom stereocenters. The lowest BCUT2D eigenvalue weighted by molar-refractivity contribution is -0.137. The van der Waals surface area contributed by atoms with Crippen LogP contribution in [0.15, 0.2) is 66.7 Å². The number of nitrogens with zero attached hydrogens (tertiary/aromatic N) is 1. The Morgan fingerprint density at radius 2 is 1.69 bits per heavy atom. The highest BCUT2D eigenvalue weighted by Gasteiger charge is 2.33. The molecule has 8 nitrogen and oxygen atoms in total. The number of amides is 3. The fraction of sp³-hybridized carbons (Fsp3) is 0.231. The van der Waals surface area contributed by atoms with Crippen LogP contribution in [0.4, 0.5) is 39.4 Å². The van der Waals surface area contributed by atoms with E-state index in [0.29, 0.717) is 48.0 Å². The van der Waals surface area contributed by atoms with E-state index in [1.54, 1.807) is 48.5 Å². The minimum Gasteiger partial charge on any atom is -0.326 e. The van der Waals surface area contributed by atoms with E-state index in [4.69, 9.17) is 0 Å². The molecule has 1 saturated heterocycles. The molecule has 0 radical (unpaired) electrons. The number of carbonyl (C=O) groups excluding carboxylic acids is 2. The molecule has 1 atom stereocenters. The molecule has 1 aliphatic rings. The van der Waals surface area contributed by atoms with Gasteiger partial charge in [0.2, 0.25) is 15.9 Å². The van der Waals surface area contributed by atoms with Crippen LogP contribution in [0.3, 0.4) is 0 Å². The molecule has 0 bridgehead atoms. The summed E-state index contributed by atoms with van der Waals surface area (Å²) in [4.78, 5) is 27.0. The van der Waals surface area contributed by atoms with Crippen LogP contribution >= 0.6 is 0 Å². The summed E-state index contributed by atoms with van der Waals surface area (Å²) in [5.74, 6) is -1.67. The fourth-order valence-electron chi connectivity index (χ4n) is 4.22. The summed E-state index contributed by atoms with van der Waals surface area (Å²) in [5.41, 5.74) is 0.667. The fourth-order valence-corrected chi connectivity index (χ4v) is 4.80. The van der Waals surface area contributed by atoms with Crippen LogP contribution in [0.2, 0.25) is 0 Å². The van der Waals surface area contributed by atoms with Crippen LogP contribution in [0, 0.1) is 5.82 Å². The summed E-state index contributed by atoms with van der Waals surface area (Å²) in [7, 11) is -3.50. The van der Waals surface area contributed by atoms with E-state index >= 15 is 0 Å². The van der Waals surface area contributed by atoms with Gasteiger partial charge in [0.1, 0.15) is 11.9 Å². The zero-order chi connectivity index (χ0) is 28.4. The third-order valence-corrected chi connectivity index (χ3v) is 6.59. The number of alkyl halides is 3. The van der Waals surface area contributed by atoms with Crippen molar-refractivity contribution in [3.8, 4) is 11.1 Å². The number of urea groups is 1. The number of nitrogens with one attached hydrogen (secondary N) is 3. The monoisotopic (exact) mass is 564 g/mol. The van der Waals surface area contributed by atoms with Gasteiger partial charge in [0.25, 0.3) is 0 Å². The summed E-state index contributed by atoms with van der Waals surface area (Å²) < 4.78 is 78.2. The van der Waals surface area contributed by atoms with Crippen LogP contribution in [0.5, 0.6) is 0 Å². The normalized spacial score (nSPS) is 16.1. The van der Waals surface area contributed by atoms with Crippen molar-refractivity contribution >= 4 is 39.0 Å². The molecule has 4 rings (SSSR count). The van der Waals surface area contributed by atoms with Crippen molar-refractivity contribution in [3.63, 3.8) is 0 Å². The van der Waals surface area contributed by atoms with Gasteiger partial charge in [-0.2, -0.15) is 13.2 Å². The van der Waals surface area contributed by atoms with E-state index in [1.165, 1.54) is 4.90 Å². The highest BCUT2D eigenvalue weighted by atomic mass is 32.2. The highest BCUT2D eigenvalue weighted by Crippen LogP contribution is 2.32. The second kappa shape index (κ2) is 10.9. The topological polar surface area (TPSA) is 108 Å². The second-order valence-corrected chi connectivity index (χ2v) is 10.7. The molecule has 13 heteroatoms. The zero-order valence-electron chi connectivity index (χ0n) is 20.5. The Kier molecular flexibility index (Phi) is 7.82. The lowest BCUT2D eigenvalue weighted by Crippen LogP contribution is -2.53. The van der Waals surface area contributed by atoms with Crippen molar-refractivity contribution in [3.05, 3.63) is 78.1 Å². The summed E-state index contributed by atoms with van der Waals surface area (Å²) >= 11 is 0. The maximum atomic E-state index is 14.1. The Hall–Kier alpha value is -4.13. The predicted octanol–water partition coefficient (Wildman–Crippen LogP) is 5.20. The van der Waals surface area contributed by atoms with E-state index in [9.17, 15) is 35.6 Å².